The fourth-order valence-corrected chi connectivity index (χ4v) is 1.88. The van der Waals surface area contributed by atoms with E-state index in [2.05, 4.69) is 5.73 Å². The minimum Gasteiger partial charge on any atom is -0.481 e. The van der Waals surface area contributed by atoms with Crippen molar-refractivity contribution in [2.45, 2.75) is 25.9 Å². The third kappa shape index (κ3) is 2.09. The van der Waals surface area contributed by atoms with Crippen molar-refractivity contribution in [3.8, 4) is 0 Å². The second kappa shape index (κ2) is 4.11. The highest BCUT2D eigenvalue weighted by Crippen LogP contribution is 2.42. The molecule has 1 saturated carbocycles. The van der Waals surface area contributed by atoms with Crippen LogP contribution in [-0.2, 0) is 9.59 Å². The van der Waals surface area contributed by atoms with E-state index in [1.54, 1.807) is 0 Å². The van der Waals surface area contributed by atoms with Gasteiger partial charge >= 0.3 is 12.1 Å². The summed E-state index contributed by atoms with van der Waals surface area (Å²) in [5, 5.41) is 16.5. The van der Waals surface area contributed by atoms with Gasteiger partial charge in [0.2, 0.25) is 0 Å². The number of carbonyl (C=O) groups excluding carboxylic acids is 1. The molecule has 0 saturated heterocycles. The van der Waals surface area contributed by atoms with E-state index in [9.17, 15) is 22.8 Å². The number of hydrogen-bond donors (Lipinski definition) is 3. The number of halogens is 3. The number of primary amides is 1. The summed E-state index contributed by atoms with van der Waals surface area (Å²) in [6.45, 7) is 1.15. The monoisotopic (exact) mass is 264 g/mol. The first-order chi connectivity index (χ1) is 8.01. The Morgan fingerprint density at radius 2 is 1.94 bits per heavy atom. The normalized spacial score (nSPS) is 27.2. The molecule has 0 aromatic heterocycles. The first-order valence-electron chi connectivity index (χ1n) is 4.94. The Balaban J connectivity index is 3.39. The van der Waals surface area contributed by atoms with Crippen LogP contribution in [-0.4, -0.2) is 28.9 Å². The van der Waals surface area contributed by atoms with Gasteiger partial charge in [-0.15, -0.1) is 0 Å². The maximum Gasteiger partial charge on any atom is 0.422 e. The fraction of sp³-hybridized carbons (Fsp3) is 0.500. The van der Waals surface area contributed by atoms with Gasteiger partial charge in [0.15, 0.2) is 0 Å². The Hall–Kier alpha value is -1.86. The Labute approximate surface area is 100.0 Å². The highest BCUT2D eigenvalue weighted by molar-refractivity contribution is 6.18. The number of alkyl halides is 3. The van der Waals surface area contributed by atoms with Crippen molar-refractivity contribution < 1.29 is 27.9 Å². The van der Waals surface area contributed by atoms with Crippen molar-refractivity contribution in [2.75, 3.05) is 0 Å². The number of hydrogen-bond acceptors (Lipinski definition) is 3. The first-order valence-corrected chi connectivity index (χ1v) is 4.94. The maximum atomic E-state index is 12.6. The van der Waals surface area contributed by atoms with Crippen LogP contribution in [0.2, 0.25) is 0 Å². The lowest BCUT2D eigenvalue weighted by Gasteiger charge is -2.18. The van der Waals surface area contributed by atoms with Crippen LogP contribution in [0.5, 0.6) is 0 Å². The largest absolute Gasteiger partial charge is 0.481 e. The molecule has 8 heteroatoms. The molecule has 0 heterocycles. The number of carboxylic acid groups (broad SMARTS) is 1. The zero-order chi connectivity index (χ0) is 14.3. The van der Waals surface area contributed by atoms with Gasteiger partial charge < -0.3 is 16.2 Å². The quantitative estimate of drug-likeness (QED) is 0.653. The van der Waals surface area contributed by atoms with Gasteiger partial charge in [0.05, 0.1) is 5.71 Å². The standard InChI is InChI=1S/C10H11F3N2O3/c1-9(8(17)18)3-2-4(6(9)14)5(7(15)16)10(11,12)13/h14H,2-3H2,1H3,(H2,15,16)(H,17,18)/b5-4+,14-6?. The average Bonchev–Trinajstić information content (AvgIpc) is 2.45. The summed E-state index contributed by atoms with van der Waals surface area (Å²) < 4.78 is 37.9. The molecular weight excluding hydrogens is 253 g/mol. The lowest BCUT2D eigenvalue weighted by molar-refractivity contribution is -0.144. The second-order valence-electron chi connectivity index (χ2n) is 4.23. The van der Waals surface area contributed by atoms with Gasteiger partial charge in [-0.05, 0) is 25.3 Å². The average molecular weight is 264 g/mol. The Morgan fingerprint density at radius 1 is 1.44 bits per heavy atom. The molecule has 1 unspecified atom stereocenters. The van der Waals surface area contributed by atoms with Crippen molar-refractivity contribution in [2.24, 2.45) is 11.1 Å². The number of rotatable bonds is 2. The molecular formula is C10H11F3N2O3. The van der Waals surface area contributed by atoms with E-state index in [0.717, 1.165) is 6.92 Å². The minimum atomic E-state index is -4.99. The van der Waals surface area contributed by atoms with E-state index < -0.39 is 40.3 Å². The summed E-state index contributed by atoms with van der Waals surface area (Å²) in [7, 11) is 0. The van der Waals surface area contributed by atoms with E-state index in [1.807, 2.05) is 0 Å². The molecule has 100 valence electrons. The van der Waals surface area contributed by atoms with Gasteiger partial charge in [0.25, 0.3) is 5.91 Å². The van der Waals surface area contributed by atoms with Crippen LogP contribution in [0.3, 0.4) is 0 Å². The summed E-state index contributed by atoms with van der Waals surface area (Å²) >= 11 is 0. The lowest BCUT2D eigenvalue weighted by atomic mass is 9.86. The van der Waals surface area contributed by atoms with E-state index in [-0.39, 0.29) is 12.8 Å². The number of carboxylic acids is 1. The van der Waals surface area contributed by atoms with Gasteiger partial charge in [0.1, 0.15) is 11.0 Å². The van der Waals surface area contributed by atoms with Crippen molar-refractivity contribution in [3.63, 3.8) is 0 Å². The molecule has 1 atom stereocenters. The molecule has 1 amide bonds. The Bertz CT molecular complexity index is 467. The van der Waals surface area contributed by atoms with Gasteiger partial charge in [0, 0.05) is 0 Å². The predicted octanol–water partition coefficient (Wildman–Crippen LogP) is 1.24. The molecule has 0 radical (unpaired) electrons. The zero-order valence-corrected chi connectivity index (χ0v) is 9.39. The number of nitrogens with one attached hydrogen (secondary N) is 1. The van der Waals surface area contributed by atoms with E-state index in [1.165, 1.54) is 0 Å². The van der Waals surface area contributed by atoms with Gasteiger partial charge in [-0.3, -0.25) is 9.59 Å². The van der Waals surface area contributed by atoms with Gasteiger partial charge in [-0.25, -0.2) is 0 Å². The van der Waals surface area contributed by atoms with Crippen LogP contribution in [0.25, 0.3) is 0 Å². The summed E-state index contributed by atoms with van der Waals surface area (Å²) in [6, 6.07) is 0. The predicted molar refractivity (Wildman–Crippen MR) is 55.0 cm³/mol. The van der Waals surface area contributed by atoms with Crippen molar-refractivity contribution >= 4 is 17.6 Å². The van der Waals surface area contributed by atoms with Crippen molar-refractivity contribution in [1.82, 2.24) is 0 Å². The van der Waals surface area contributed by atoms with Gasteiger partial charge in [-0.1, -0.05) is 0 Å². The number of nitrogens with two attached hydrogens (primary N) is 1. The van der Waals surface area contributed by atoms with Crippen LogP contribution in [0, 0.1) is 10.8 Å². The summed E-state index contributed by atoms with van der Waals surface area (Å²) in [4.78, 5) is 21.8. The van der Waals surface area contributed by atoms with Crippen LogP contribution in [0.4, 0.5) is 13.2 Å². The van der Waals surface area contributed by atoms with E-state index in [4.69, 9.17) is 10.5 Å². The third-order valence-electron chi connectivity index (χ3n) is 3.03. The lowest BCUT2D eigenvalue weighted by Crippen LogP contribution is -2.34. The highest BCUT2D eigenvalue weighted by Gasteiger charge is 2.50. The minimum absolute atomic E-state index is 0.163. The molecule has 0 aromatic carbocycles. The molecule has 4 N–H and O–H groups in total. The molecule has 1 fully saturated rings. The van der Waals surface area contributed by atoms with Crippen molar-refractivity contribution in [1.29, 1.82) is 5.41 Å². The molecule has 0 aromatic rings. The molecule has 5 nitrogen and oxygen atoms in total. The topological polar surface area (TPSA) is 104 Å². The van der Waals surface area contributed by atoms with Gasteiger partial charge in [-0.2, -0.15) is 13.2 Å². The Morgan fingerprint density at radius 3 is 2.22 bits per heavy atom. The zero-order valence-electron chi connectivity index (χ0n) is 9.39. The smallest absolute Gasteiger partial charge is 0.422 e. The number of amides is 1. The van der Waals surface area contributed by atoms with E-state index >= 15 is 0 Å². The molecule has 0 bridgehead atoms. The first kappa shape index (κ1) is 14.2. The summed E-state index contributed by atoms with van der Waals surface area (Å²) in [5.41, 5.74) is 0.00188. The number of allylic oxidation sites excluding steroid dienone is 1. The second-order valence-corrected chi connectivity index (χ2v) is 4.23. The highest BCUT2D eigenvalue weighted by atomic mass is 19.4. The molecule has 1 aliphatic rings. The number of carbonyl (C=O) groups is 2. The summed E-state index contributed by atoms with van der Waals surface area (Å²) in [6.07, 6.45) is -5.46. The molecule has 18 heavy (non-hydrogen) atoms. The summed E-state index contributed by atoms with van der Waals surface area (Å²) in [5.74, 6) is -3.09. The van der Waals surface area contributed by atoms with Crippen LogP contribution in [0.15, 0.2) is 11.1 Å². The molecule has 0 spiro atoms. The number of aliphatic carboxylic acids is 1. The fourth-order valence-electron chi connectivity index (χ4n) is 1.88. The Kier molecular flexibility index (Phi) is 3.24. The van der Waals surface area contributed by atoms with Crippen molar-refractivity contribution in [3.05, 3.63) is 11.1 Å². The molecule has 0 aliphatic heterocycles. The van der Waals surface area contributed by atoms with Crippen LogP contribution in [0.1, 0.15) is 19.8 Å². The molecule has 1 rings (SSSR count). The maximum absolute atomic E-state index is 12.6. The van der Waals surface area contributed by atoms with Crippen LogP contribution < -0.4 is 5.73 Å². The van der Waals surface area contributed by atoms with Crippen LogP contribution >= 0.6 is 0 Å². The SMILES string of the molecule is CC1(C(=O)O)CC/C(=C(/C(N)=O)C(F)(F)F)C1=N. The van der Waals surface area contributed by atoms with E-state index in [0.29, 0.717) is 0 Å². The molecule has 1 aliphatic carbocycles. The third-order valence-corrected chi connectivity index (χ3v) is 3.03.